The Balaban J connectivity index is 1.53. The van der Waals surface area contributed by atoms with Crippen LogP contribution in [0.5, 0.6) is 46.0 Å². The lowest BCUT2D eigenvalue weighted by Crippen LogP contribution is -2.13. The molecule has 0 amide bonds. The molecule has 9 rings (SSSR count). The van der Waals surface area contributed by atoms with E-state index in [1.54, 1.807) is 24.3 Å². The van der Waals surface area contributed by atoms with E-state index < -0.39 is 23.7 Å². The topological polar surface area (TPSA) is 162 Å². The molecule has 0 radical (unpaired) electrons. The molecule has 8 aromatic rings. The number of hydrogen-bond acceptors (Lipinski definition) is 8. The van der Waals surface area contributed by atoms with Gasteiger partial charge in [-0.3, -0.25) is 0 Å². The van der Waals surface area contributed by atoms with Crippen LogP contribution in [0.2, 0.25) is 0 Å². The Hall–Kier alpha value is -5.92. The predicted molar refractivity (Wildman–Crippen MR) is 259 cm³/mol. The molecule has 8 N–H and O–H groups in total. The van der Waals surface area contributed by atoms with E-state index >= 15 is 0 Å². The molecule has 8 nitrogen and oxygen atoms in total. The van der Waals surface area contributed by atoms with Crippen molar-refractivity contribution in [3.63, 3.8) is 0 Å². The van der Waals surface area contributed by atoms with Gasteiger partial charge in [0.1, 0.15) is 63.9 Å². The zero-order valence-electron chi connectivity index (χ0n) is 33.3. The van der Waals surface area contributed by atoms with Crippen molar-refractivity contribution in [1.82, 2.24) is 0 Å². The number of fused-ring (bicyclic) bond motifs is 8. The average molecular weight is 1110 g/mol. The van der Waals surface area contributed by atoms with Gasteiger partial charge in [-0.2, -0.15) is 0 Å². The van der Waals surface area contributed by atoms with Crippen molar-refractivity contribution < 1.29 is 40.9 Å². The van der Waals surface area contributed by atoms with E-state index in [4.69, 9.17) is 0 Å². The first kappa shape index (κ1) is 43.3. The summed E-state index contributed by atoms with van der Waals surface area (Å²) >= 11 is 14.0. The fourth-order valence-electron chi connectivity index (χ4n) is 9.13. The highest BCUT2D eigenvalue weighted by Gasteiger charge is 2.38. The van der Waals surface area contributed by atoms with Gasteiger partial charge in [0.15, 0.2) is 0 Å². The van der Waals surface area contributed by atoms with Crippen LogP contribution in [0.3, 0.4) is 0 Å². The van der Waals surface area contributed by atoms with Crippen LogP contribution in [0, 0.1) is 0 Å². The Labute approximate surface area is 401 Å². The van der Waals surface area contributed by atoms with Crippen molar-refractivity contribution in [3.05, 3.63) is 230 Å². The van der Waals surface area contributed by atoms with Crippen molar-refractivity contribution in [3.8, 4) is 46.0 Å². The summed E-state index contributed by atoms with van der Waals surface area (Å²) in [6.07, 6.45) is 0. The standard InChI is InChI=1S/C52H36Br4O8/c53-41-45(57)29-21-31(47(41)59)38(26-15-7-2-8-16-26)33-23-35(51(63)43(55)49(33)61)40(28-19-11-4-12-20-28)36-24-34(50(62)44(56)52(36)64)39(27-17-9-3-10-18-27)32-22-30(46(58)42(54)48(32)60)37(29)25-13-5-1-6-14-25/h1-24,37-40,57-64H. The normalized spacial score (nSPS) is 16.9. The summed E-state index contributed by atoms with van der Waals surface area (Å²) in [7, 11) is 0. The van der Waals surface area contributed by atoms with Gasteiger partial charge in [-0.1, -0.05) is 121 Å². The molecule has 320 valence electrons. The Morgan fingerprint density at radius 2 is 0.375 bits per heavy atom. The van der Waals surface area contributed by atoms with Crippen LogP contribution in [-0.2, 0) is 0 Å². The molecule has 0 spiro atoms. The first-order valence-corrected chi connectivity index (χ1v) is 23.1. The molecule has 1 aliphatic rings. The van der Waals surface area contributed by atoms with Gasteiger partial charge in [0.2, 0.25) is 0 Å². The number of hydrogen-bond donors (Lipinski definition) is 8. The summed E-state index contributed by atoms with van der Waals surface area (Å²) in [6.45, 7) is 0. The van der Waals surface area contributed by atoms with E-state index in [1.165, 1.54) is 0 Å². The molecule has 1 aliphatic carbocycles. The molecule has 0 unspecified atom stereocenters. The van der Waals surface area contributed by atoms with Gasteiger partial charge in [0, 0.05) is 68.2 Å². The SMILES string of the molecule is Oc1c2cc(c(O)c1Br)C(c1ccccc1)c1cc(c(O)c(Br)c1O)C(c1ccccc1)c1cc(c(O)c(Br)c1O)C(c1ccccc1)c1cc(c(O)c(Br)c1O)C2c1ccccc1. The van der Waals surface area contributed by atoms with Crippen molar-refractivity contribution in [2.45, 2.75) is 23.7 Å². The zero-order valence-corrected chi connectivity index (χ0v) is 39.6. The van der Waals surface area contributed by atoms with Crippen molar-refractivity contribution >= 4 is 63.7 Å². The van der Waals surface area contributed by atoms with Crippen LogP contribution in [0.15, 0.2) is 163 Å². The molecule has 0 atom stereocenters. The molecule has 12 heteroatoms. The minimum absolute atomic E-state index is 0.0582. The minimum Gasteiger partial charge on any atom is -0.506 e. The Morgan fingerprint density at radius 1 is 0.234 bits per heavy atom. The maximum Gasteiger partial charge on any atom is 0.137 e. The molecule has 64 heavy (non-hydrogen) atoms. The highest BCUT2D eigenvalue weighted by Crippen LogP contribution is 2.58. The van der Waals surface area contributed by atoms with E-state index in [0.29, 0.717) is 22.3 Å². The smallest absolute Gasteiger partial charge is 0.137 e. The molecule has 0 saturated carbocycles. The van der Waals surface area contributed by atoms with Crippen LogP contribution >= 0.6 is 63.7 Å². The highest BCUT2D eigenvalue weighted by atomic mass is 79.9. The Morgan fingerprint density at radius 3 is 0.516 bits per heavy atom. The summed E-state index contributed by atoms with van der Waals surface area (Å²) in [5, 5.41) is 97.7. The Bertz CT molecular complexity index is 2560. The molecule has 0 aromatic heterocycles. The maximum atomic E-state index is 12.2. The van der Waals surface area contributed by atoms with E-state index in [9.17, 15) is 40.9 Å². The van der Waals surface area contributed by atoms with Crippen molar-refractivity contribution in [2.24, 2.45) is 0 Å². The second-order valence-electron chi connectivity index (χ2n) is 15.6. The first-order valence-electron chi connectivity index (χ1n) is 20.0. The number of halogens is 4. The number of aromatic hydroxyl groups is 8. The third-order valence-corrected chi connectivity index (χ3v) is 15.1. The second-order valence-corrected chi connectivity index (χ2v) is 18.8. The lowest BCUT2D eigenvalue weighted by Gasteiger charge is -2.31. The average Bonchev–Trinajstić information content (AvgIpc) is 3.32. The summed E-state index contributed by atoms with van der Waals surface area (Å²) in [5.74, 6) is -6.61. The fourth-order valence-corrected chi connectivity index (χ4v) is 11.0. The molecule has 0 heterocycles. The number of rotatable bonds is 4. The maximum absolute atomic E-state index is 12.2. The highest BCUT2D eigenvalue weighted by molar-refractivity contribution is 9.11. The Kier molecular flexibility index (Phi) is 11.7. The van der Waals surface area contributed by atoms with Crippen molar-refractivity contribution in [2.75, 3.05) is 0 Å². The van der Waals surface area contributed by atoms with Crippen LogP contribution in [0.4, 0.5) is 0 Å². The molecule has 0 saturated heterocycles. The van der Waals surface area contributed by atoms with Crippen LogP contribution in [-0.4, -0.2) is 40.9 Å². The lowest BCUT2D eigenvalue weighted by molar-refractivity contribution is 0.425. The second kappa shape index (κ2) is 17.2. The number of benzene rings is 8. The van der Waals surface area contributed by atoms with Crippen LogP contribution < -0.4 is 0 Å². The molecule has 0 fully saturated rings. The number of phenols is 8. The van der Waals surface area contributed by atoms with Gasteiger partial charge in [0.25, 0.3) is 0 Å². The molecule has 8 aromatic carbocycles. The summed E-state index contributed by atoms with van der Waals surface area (Å²) in [6, 6.07) is 43.1. The molecular formula is C52H36Br4O8. The first-order chi connectivity index (χ1) is 30.8. The van der Waals surface area contributed by atoms with Crippen LogP contribution in [0.25, 0.3) is 0 Å². The van der Waals surface area contributed by atoms with Gasteiger partial charge >= 0.3 is 0 Å². The van der Waals surface area contributed by atoms with Gasteiger partial charge in [-0.25, -0.2) is 0 Å². The van der Waals surface area contributed by atoms with Crippen LogP contribution in [0.1, 0.15) is 90.4 Å². The third-order valence-electron chi connectivity index (χ3n) is 12.1. The fraction of sp³-hybridized carbons (Fsp3) is 0.0769. The minimum atomic E-state index is -0.984. The quantitative estimate of drug-likeness (QED) is 0.0864. The third kappa shape index (κ3) is 7.17. The molecule has 8 bridgehead atoms. The monoisotopic (exact) mass is 1100 g/mol. The van der Waals surface area contributed by atoms with Gasteiger partial charge in [-0.05, 0) is 110 Å². The molecule has 0 aliphatic heterocycles. The van der Waals surface area contributed by atoms with E-state index in [0.717, 1.165) is 0 Å². The number of phenolic OH excluding ortho intramolecular Hbond substituents is 8. The summed E-state index contributed by atoms with van der Waals surface area (Å²) < 4.78 is -0.233. The van der Waals surface area contributed by atoms with Gasteiger partial charge in [0.05, 0.1) is 0 Å². The lowest BCUT2D eigenvalue weighted by atomic mass is 9.75. The van der Waals surface area contributed by atoms with Gasteiger partial charge < -0.3 is 40.9 Å². The van der Waals surface area contributed by atoms with Crippen molar-refractivity contribution in [1.29, 1.82) is 0 Å². The van der Waals surface area contributed by atoms with E-state index in [-0.39, 0.29) is 108 Å². The summed E-state index contributed by atoms with van der Waals surface area (Å²) in [5.41, 5.74) is 4.41. The predicted octanol–water partition coefficient (Wildman–Crippen LogP) is 13.4. The zero-order chi connectivity index (χ0) is 45.1. The van der Waals surface area contributed by atoms with E-state index in [2.05, 4.69) is 63.7 Å². The van der Waals surface area contributed by atoms with E-state index in [1.807, 2.05) is 121 Å². The van der Waals surface area contributed by atoms with Gasteiger partial charge in [-0.15, -0.1) is 0 Å². The molecular weight excluding hydrogens is 1070 g/mol. The summed E-state index contributed by atoms with van der Waals surface area (Å²) in [4.78, 5) is 0. The largest absolute Gasteiger partial charge is 0.506 e.